The molecule has 0 unspecified atom stereocenters. The van der Waals surface area contributed by atoms with E-state index in [-0.39, 0.29) is 6.16 Å². The Hall–Kier alpha value is -0.640. The molecule has 1 aromatic rings. The Morgan fingerprint density at radius 1 is 0.957 bits per heavy atom. The van der Waals surface area contributed by atoms with Crippen molar-refractivity contribution in [1.82, 2.24) is 4.57 Å². The van der Waals surface area contributed by atoms with Gasteiger partial charge in [0, 0.05) is 13.1 Å². The average molecular weight is 345 g/mol. The lowest BCUT2D eigenvalue weighted by Gasteiger charge is -2.04. The van der Waals surface area contributed by atoms with Crippen molar-refractivity contribution in [3.63, 3.8) is 0 Å². The fourth-order valence-corrected chi connectivity index (χ4v) is 3.48. The van der Waals surface area contributed by atoms with E-state index < -0.39 is 7.60 Å². The van der Waals surface area contributed by atoms with Crippen LogP contribution in [0.15, 0.2) is 12.4 Å². The minimum atomic E-state index is -3.77. The summed E-state index contributed by atoms with van der Waals surface area (Å²) in [5.74, 6) is 1.31. The highest BCUT2D eigenvalue weighted by Crippen LogP contribution is 2.35. The number of aromatic nitrogens is 2. The maximum Gasteiger partial charge on any atom is 0.325 e. The van der Waals surface area contributed by atoms with E-state index in [9.17, 15) is 4.57 Å². The van der Waals surface area contributed by atoms with E-state index in [4.69, 9.17) is 9.79 Å². The van der Waals surface area contributed by atoms with Gasteiger partial charge in [-0.1, -0.05) is 44.9 Å². The molecular formula is C17H34N2O3P+. The van der Waals surface area contributed by atoms with Gasteiger partial charge in [-0.15, -0.1) is 0 Å². The number of unbranched alkanes of at least 4 members (excludes halogenated alkanes) is 9. The molecule has 0 saturated heterocycles. The highest BCUT2D eigenvalue weighted by atomic mass is 31.2. The molecule has 0 aliphatic heterocycles. The second-order valence-corrected chi connectivity index (χ2v) is 8.35. The van der Waals surface area contributed by atoms with Crippen LogP contribution in [0.3, 0.4) is 0 Å². The van der Waals surface area contributed by atoms with Crippen LogP contribution in [0.4, 0.5) is 0 Å². The molecule has 0 radical (unpaired) electrons. The fourth-order valence-electron chi connectivity index (χ4n) is 2.85. The van der Waals surface area contributed by atoms with Gasteiger partial charge in [-0.05, 0) is 19.3 Å². The minimum absolute atomic E-state index is 0.0475. The second-order valence-electron chi connectivity index (χ2n) is 6.57. The molecular weight excluding hydrogens is 311 g/mol. The Morgan fingerprint density at radius 3 is 1.87 bits per heavy atom. The molecule has 0 atom stereocenters. The van der Waals surface area contributed by atoms with Crippen molar-refractivity contribution in [2.24, 2.45) is 7.05 Å². The zero-order valence-electron chi connectivity index (χ0n) is 14.8. The summed E-state index contributed by atoms with van der Waals surface area (Å²) in [7, 11) is -1.69. The molecule has 0 aliphatic carbocycles. The topological polar surface area (TPSA) is 66.3 Å². The Kier molecular flexibility index (Phi) is 9.77. The van der Waals surface area contributed by atoms with Crippen LogP contribution >= 0.6 is 7.60 Å². The summed E-state index contributed by atoms with van der Waals surface area (Å²) in [6.07, 6.45) is 15.9. The van der Waals surface area contributed by atoms with Gasteiger partial charge in [-0.3, -0.25) is 4.57 Å². The summed E-state index contributed by atoms with van der Waals surface area (Å²) in [5, 5.41) is 0. The largest absolute Gasteiger partial charge is 0.325 e. The van der Waals surface area contributed by atoms with Crippen molar-refractivity contribution >= 4 is 7.60 Å². The molecule has 1 heterocycles. The van der Waals surface area contributed by atoms with E-state index in [1.165, 1.54) is 50.8 Å². The highest BCUT2D eigenvalue weighted by Gasteiger charge is 2.11. The fraction of sp³-hybridized carbons (Fsp3) is 0.824. The van der Waals surface area contributed by atoms with E-state index in [1.54, 1.807) is 0 Å². The van der Waals surface area contributed by atoms with E-state index in [0.29, 0.717) is 6.42 Å². The van der Waals surface area contributed by atoms with Crippen molar-refractivity contribution in [3.05, 3.63) is 18.2 Å². The van der Waals surface area contributed by atoms with Gasteiger partial charge in [-0.2, -0.15) is 0 Å². The van der Waals surface area contributed by atoms with Gasteiger partial charge in [0.2, 0.25) is 0 Å². The van der Waals surface area contributed by atoms with Crippen LogP contribution in [0.2, 0.25) is 0 Å². The SMILES string of the molecule is Cc1n(CCCCCCCCCCCCP(=O)(O)O)cc[n+]1C. The third kappa shape index (κ3) is 9.95. The average Bonchev–Trinajstić information content (AvgIpc) is 2.79. The van der Waals surface area contributed by atoms with Crippen LogP contribution in [0.25, 0.3) is 0 Å². The van der Waals surface area contributed by atoms with E-state index >= 15 is 0 Å². The molecule has 1 rings (SSSR count). The van der Waals surface area contributed by atoms with Crippen LogP contribution < -0.4 is 4.57 Å². The summed E-state index contributed by atoms with van der Waals surface area (Å²) >= 11 is 0. The Labute approximate surface area is 140 Å². The van der Waals surface area contributed by atoms with Crippen molar-refractivity contribution < 1.29 is 18.9 Å². The second kappa shape index (κ2) is 11.0. The molecule has 5 nitrogen and oxygen atoms in total. The number of imidazole rings is 1. The van der Waals surface area contributed by atoms with Crippen LogP contribution in [0, 0.1) is 6.92 Å². The standard InChI is InChI=1S/C17H33N2O3P/c1-17-18(2)14-15-19(17)13-11-9-7-5-3-4-6-8-10-12-16-23(20,21)22/h14-15H,3-13,16H2,1-2H3,(H-,20,21,22)/p+1. The van der Waals surface area contributed by atoms with Gasteiger partial charge < -0.3 is 9.79 Å². The summed E-state index contributed by atoms with van der Waals surface area (Å²) in [4.78, 5) is 17.5. The smallest absolute Gasteiger partial charge is 0.324 e. The van der Waals surface area contributed by atoms with Crippen molar-refractivity contribution in [2.45, 2.75) is 77.7 Å². The number of nitrogens with zero attached hydrogens (tertiary/aromatic N) is 2. The number of hydrogen-bond donors (Lipinski definition) is 2. The lowest BCUT2D eigenvalue weighted by Crippen LogP contribution is -2.29. The van der Waals surface area contributed by atoms with Crippen LogP contribution in [0.5, 0.6) is 0 Å². The number of hydrogen-bond acceptors (Lipinski definition) is 1. The lowest BCUT2D eigenvalue weighted by molar-refractivity contribution is -0.677. The minimum Gasteiger partial charge on any atom is -0.324 e. The molecule has 2 N–H and O–H groups in total. The molecule has 23 heavy (non-hydrogen) atoms. The predicted octanol–water partition coefficient (Wildman–Crippen LogP) is 3.70. The molecule has 1 aromatic heterocycles. The maximum absolute atomic E-state index is 10.7. The summed E-state index contributed by atoms with van der Waals surface area (Å²) in [5.41, 5.74) is 0. The molecule has 6 heteroatoms. The van der Waals surface area contributed by atoms with E-state index in [2.05, 4.69) is 35.5 Å². The first-order valence-electron chi connectivity index (χ1n) is 8.96. The Balaban J connectivity index is 1.85. The van der Waals surface area contributed by atoms with Crippen LogP contribution in [-0.2, 0) is 18.2 Å². The zero-order chi connectivity index (χ0) is 17.1. The Morgan fingerprint density at radius 2 is 1.43 bits per heavy atom. The molecule has 0 fully saturated rings. The van der Waals surface area contributed by atoms with Gasteiger partial charge in [-0.25, -0.2) is 9.13 Å². The van der Waals surface area contributed by atoms with Gasteiger partial charge >= 0.3 is 7.60 Å². The van der Waals surface area contributed by atoms with Gasteiger partial charge in [0.1, 0.15) is 12.4 Å². The third-order valence-electron chi connectivity index (χ3n) is 4.49. The molecule has 0 aromatic carbocycles. The third-order valence-corrected chi connectivity index (χ3v) is 5.39. The molecule has 134 valence electrons. The van der Waals surface area contributed by atoms with Crippen molar-refractivity contribution in [2.75, 3.05) is 6.16 Å². The van der Waals surface area contributed by atoms with E-state index in [1.807, 2.05) is 0 Å². The van der Waals surface area contributed by atoms with E-state index in [0.717, 1.165) is 19.4 Å². The van der Waals surface area contributed by atoms with Crippen LogP contribution in [-0.4, -0.2) is 20.5 Å². The molecule has 0 aliphatic rings. The Bertz CT molecular complexity index is 482. The number of rotatable bonds is 13. The molecule has 0 amide bonds. The molecule has 0 saturated carbocycles. The molecule has 0 spiro atoms. The summed E-state index contributed by atoms with van der Waals surface area (Å²) < 4.78 is 15.2. The quantitative estimate of drug-likeness (QED) is 0.325. The first-order chi connectivity index (χ1) is 10.9. The first-order valence-corrected chi connectivity index (χ1v) is 10.8. The zero-order valence-corrected chi connectivity index (χ0v) is 15.7. The van der Waals surface area contributed by atoms with Gasteiger partial charge in [0.25, 0.3) is 5.82 Å². The predicted molar refractivity (Wildman–Crippen MR) is 93.4 cm³/mol. The number of aryl methyl sites for hydroxylation is 2. The van der Waals surface area contributed by atoms with Gasteiger partial charge in [0.15, 0.2) is 0 Å². The maximum atomic E-state index is 10.7. The van der Waals surface area contributed by atoms with Crippen molar-refractivity contribution in [1.29, 1.82) is 0 Å². The highest BCUT2D eigenvalue weighted by molar-refractivity contribution is 7.51. The first kappa shape index (κ1) is 20.4. The molecule has 0 bridgehead atoms. The lowest BCUT2D eigenvalue weighted by atomic mass is 10.1. The van der Waals surface area contributed by atoms with Crippen molar-refractivity contribution in [3.8, 4) is 0 Å². The normalized spacial score (nSPS) is 12.0. The monoisotopic (exact) mass is 345 g/mol. The summed E-state index contributed by atoms with van der Waals surface area (Å²) in [6.45, 7) is 3.27. The summed E-state index contributed by atoms with van der Waals surface area (Å²) in [6, 6.07) is 0. The van der Waals surface area contributed by atoms with Gasteiger partial charge in [0.05, 0.1) is 13.6 Å². The van der Waals surface area contributed by atoms with Crippen LogP contribution in [0.1, 0.15) is 70.0 Å².